The Bertz CT molecular complexity index is 854. The number of amides is 1. The Morgan fingerprint density at radius 3 is 2.12 bits per heavy atom. The molecule has 8 heteroatoms. The number of hydrogen-bond acceptors (Lipinski definition) is 6. The Morgan fingerprint density at radius 1 is 1.03 bits per heavy atom. The van der Waals surface area contributed by atoms with Crippen molar-refractivity contribution in [3.63, 3.8) is 0 Å². The molecule has 0 spiro atoms. The first-order valence-electron chi connectivity index (χ1n) is 10.6. The van der Waals surface area contributed by atoms with Crippen LogP contribution in [-0.2, 0) is 14.3 Å². The van der Waals surface area contributed by atoms with Crippen LogP contribution >= 0.6 is 11.6 Å². The molecular formula is C24H32ClNO6. The van der Waals surface area contributed by atoms with E-state index in [9.17, 15) is 9.59 Å². The van der Waals surface area contributed by atoms with Crippen molar-refractivity contribution >= 4 is 23.8 Å². The zero-order valence-corrected chi connectivity index (χ0v) is 20.5. The van der Waals surface area contributed by atoms with Gasteiger partial charge in [-0.1, -0.05) is 23.4 Å². The summed E-state index contributed by atoms with van der Waals surface area (Å²) >= 11 is 5.89. The third-order valence-electron chi connectivity index (χ3n) is 4.20. The maximum Gasteiger partial charge on any atom is 0.534 e. The molecule has 0 aromatic heterocycles. The predicted molar refractivity (Wildman–Crippen MR) is 121 cm³/mol. The van der Waals surface area contributed by atoms with Crippen LogP contribution in [0.3, 0.4) is 0 Å². The highest BCUT2D eigenvalue weighted by molar-refractivity contribution is 6.30. The van der Waals surface area contributed by atoms with Gasteiger partial charge in [-0.2, -0.15) is 0 Å². The molecule has 1 fully saturated rings. The number of nitrogens with zero attached hydrogens (tertiary/aromatic N) is 1. The molecule has 0 aliphatic heterocycles. The summed E-state index contributed by atoms with van der Waals surface area (Å²) in [6.07, 6.45) is -0.214. The van der Waals surface area contributed by atoms with Gasteiger partial charge in [0.25, 0.3) is 0 Å². The van der Waals surface area contributed by atoms with Crippen molar-refractivity contribution in [1.29, 1.82) is 0 Å². The fraction of sp³-hybridized carbons (Fsp3) is 0.583. The van der Waals surface area contributed by atoms with Crippen LogP contribution < -0.4 is 4.74 Å². The molecule has 1 aliphatic rings. The highest BCUT2D eigenvalue weighted by Crippen LogP contribution is 2.31. The first-order valence-corrected chi connectivity index (χ1v) is 11.0. The Kier molecular flexibility index (Phi) is 8.30. The Labute approximate surface area is 195 Å². The second-order valence-corrected chi connectivity index (χ2v) is 10.1. The van der Waals surface area contributed by atoms with Crippen LogP contribution in [0.5, 0.6) is 5.75 Å². The van der Waals surface area contributed by atoms with Gasteiger partial charge in [-0.3, -0.25) is 4.84 Å². The number of hydroxylamine groups is 2. The number of benzene rings is 1. The normalized spacial score (nSPS) is 18.9. The Balaban J connectivity index is 1.96. The Hall–Kier alpha value is -2.59. The molecule has 1 aromatic rings. The van der Waals surface area contributed by atoms with Gasteiger partial charge >= 0.3 is 12.2 Å². The van der Waals surface area contributed by atoms with Crippen LogP contribution in [0.4, 0.5) is 9.59 Å². The number of carbonyl (C=O) groups is 2. The minimum absolute atomic E-state index is 0.0748. The maximum atomic E-state index is 12.6. The van der Waals surface area contributed by atoms with Gasteiger partial charge < -0.3 is 14.2 Å². The van der Waals surface area contributed by atoms with Crippen molar-refractivity contribution in [3.8, 4) is 17.6 Å². The lowest BCUT2D eigenvalue weighted by Crippen LogP contribution is -2.44. The molecule has 2 rings (SSSR count). The molecule has 0 saturated heterocycles. The molecule has 0 radical (unpaired) electrons. The highest BCUT2D eigenvalue weighted by atomic mass is 35.5. The molecule has 1 atom stereocenters. The van der Waals surface area contributed by atoms with Crippen LogP contribution in [0.2, 0.25) is 5.02 Å². The number of carbonyl (C=O) groups excluding carboxylic acids is 2. The van der Waals surface area contributed by atoms with Crippen molar-refractivity contribution in [2.24, 2.45) is 5.92 Å². The van der Waals surface area contributed by atoms with E-state index in [0.29, 0.717) is 5.02 Å². The van der Waals surface area contributed by atoms with Gasteiger partial charge in [-0.25, -0.2) is 9.59 Å². The van der Waals surface area contributed by atoms with E-state index in [-0.39, 0.29) is 12.0 Å². The molecule has 32 heavy (non-hydrogen) atoms. The molecule has 176 valence electrons. The standard InChI is InChI=1S/C24H32ClNO6/c1-16(8-9-17-14-20(15-17)29-19-12-10-18(25)11-13-19)26(21(27)30-23(2,3)4)32-22(28)31-24(5,6)7/h10-13,16-17,20H,14-15H2,1-7H3/t16?,17-,20+. The third kappa shape index (κ3) is 8.88. The molecule has 0 heterocycles. The number of halogens is 1. The first kappa shape index (κ1) is 25.7. The fourth-order valence-electron chi connectivity index (χ4n) is 2.71. The van der Waals surface area contributed by atoms with Crippen molar-refractivity contribution in [2.75, 3.05) is 0 Å². The minimum Gasteiger partial charge on any atom is -0.490 e. The van der Waals surface area contributed by atoms with Crippen molar-refractivity contribution in [2.45, 2.75) is 84.7 Å². The monoisotopic (exact) mass is 465 g/mol. The molecule has 0 bridgehead atoms. The second-order valence-electron chi connectivity index (χ2n) is 9.69. The summed E-state index contributed by atoms with van der Waals surface area (Å²) in [6, 6.07) is 6.50. The molecular weight excluding hydrogens is 434 g/mol. The van der Waals surface area contributed by atoms with Gasteiger partial charge in [0.05, 0.1) is 0 Å². The van der Waals surface area contributed by atoms with Gasteiger partial charge in [0.15, 0.2) is 0 Å². The average molecular weight is 466 g/mol. The lowest BCUT2D eigenvalue weighted by Gasteiger charge is -2.32. The molecule has 7 nitrogen and oxygen atoms in total. The number of hydrogen-bond donors (Lipinski definition) is 0. The zero-order chi connectivity index (χ0) is 24.1. The van der Waals surface area contributed by atoms with Crippen LogP contribution in [0, 0.1) is 17.8 Å². The lowest BCUT2D eigenvalue weighted by molar-refractivity contribution is -0.144. The molecule has 1 saturated carbocycles. The van der Waals surface area contributed by atoms with Crippen LogP contribution in [-0.4, -0.2) is 40.7 Å². The lowest BCUT2D eigenvalue weighted by atomic mass is 9.82. The average Bonchev–Trinajstić information content (AvgIpc) is 2.59. The minimum atomic E-state index is -1.00. The van der Waals surface area contributed by atoms with E-state index in [1.807, 2.05) is 12.1 Å². The van der Waals surface area contributed by atoms with E-state index in [0.717, 1.165) is 23.7 Å². The van der Waals surface area contributed by atoms with Gasteiger partial charge in [0.2, 0.25) is 0 Å². The quantitative estimate of drug-likeness (QED) is 0.310. The summed E-state index contributed by atoms with van der Waals surface area (Å²) in [6.45, 7) is 11.9. The predicted octanol–water partition coefficient (Wildman–Crippen LogP) is 5.99. The molecule has 1 aliphatic carbocycles. The van der Waals surface area contributed by atoms with Crippen molar-refractivity contribution < 1.29 is 28.6 Å². The topological polar surface area (TPSA) is 74.3 Å². The van der Waals surface area contributed by atoms with Gasteiger partial charge in [-0.05, 0) is 85.6 Å². The summed E-state index contributed by atoms with van der Waals surface area (Å²) in [5, 5.41) is 1.47. The molecule has 1 aromatic carbocycles. The number of ether oxygens (including phenoxy) is 3. The highest BCUT2D eigenvalue weighted by Gasteiger charge is 2.32. The van der Waals surface area contributed by atoms with Crippen molar-refractivity contribution in [3.05, 3.63) is 29.3 Å². The summed E-state index contributed by atoms with van der Waals surface area (Å²) in [5.74, 6) is 7.00. The largest absolute Gasteiger partial charge is 0.534 e. The summed E-state index contributed by atoms with van der Waals surface area (Å²) in [4.78, 5) is 29.9. The van der Waals surface area contributed by atoms with E-state index in [1.165, 1.54) is 0 Å². The van der Waals surface area contributed by atoms with Crippen molar-refractivity contribution in [1.82, 2.24) is 5.06 Å². The summed E-state index contributed by atoms with van der Waals surface area (Å²) in [7, 11) is 0. The molecule has 1 unspecified atom stereocenters. The van der Waals surface area contributed by atoms with E-state index in [2.05, 4.69) is 11.8 Å². The summed E-state index contributed by atoms with van der Waals surface area (Å²) < 4.78 is 16.4. The van der Waals surface area contributed by atoms with Gasteiger partial charge in [-0.15, -0.1) is 5.06 Å². The zero-order valence-electron chi connectivity index (χ0n) is 19.7. The molecule has 1 amide bonds. The SMILES string of the molecule is CC(C#C[C@H]1C[C@@H](Oc2ccc(Cl)cc2)C1)N(OC(=O)OC(C)(C)C)C(=O)OC(C)(C)C. The fourth-order valence-corrected chi connectivity index (χ4v) is 2.84. The molecule has 0 N–H and O–H groups in total. The van der Waals surface area contributed by atoms with Crippen LogP contribution in [0.1, 0.15) is 61.3 Å². The second kappa shape index (κ2) is 10.4. The van der Waals surface area contributed by atoms with E-state index >= 15 is 0 Å². The van der Waals surface area contributed by atoms with E-state index < -0.39 is 29.5 Å². The van der Waals surface area contributed by atoms with E-state index in [1.54, 1.807) is 60.6 Å². The Morgan fingerprint density at radius 2 is 1.59 bits per heavy atom. The smallest absolute Gasteiger partial charge is 0.490 e. The third-order valence-corrected chi connectivity index (χ3v) is 4.45. The maximum absolute atomic E-state index is 12.6. The summed E-state index contributed by atoms with van der Waals surface area (Å²) in [5.41, 5.74) is -1.53. The van der Waals surface area contributed by atoms with Gasteiger partial charge in [0, 0.05) is 10.9 Å². The number of rotatable bonds is 3. The van der Waals surface area contributed by atoms with E-state index in [4.69, 9.17) is 30.6 Å². The van der Waals surface area contributed by atoms with Crippen LogP contribution in [0.15, 0.2) is 24.3 Å². The first-order chi connectivity index (χ1) is 14.7. The van der Waals surface area contributed by atoms with Gasteiger partial charge in [0.1, 0.15) is 29.1 Å². The van der Waals surface area contributed by atoms with Crippen LogP contribution in [0.25, 0.3) is 0 Å².